The number of aliphatic imine (C=N–C) groups is 1. The molecule has 0 spiro atoms. The third-order valence-electron chi connectivity index (χ3n) is 6.04. The Labute approximate surface area is 206 Å². The van der Waals surface area contributed by atoms with E-state index in [0.717, 1.165) is 62.9 Å². The SMILES string of the molecule is O=C(O)CC(NCc1ccc(N2CCN(C3=NCCCN3)CC2)cc1)NS(=O)(=O)c1ccccc1. The van der Waals surface area contributed by atoms with Crippen LogP contribution < -0.4 is 20.3 Å². The van der Waals surface area contributed by atoms with Gasteiger partial charge < -0.3 is 20.2 Å². The highest BCUT2D eigenvalue weighted by Gasteiger charge is 2.23. The van der Waals surface area contributed by atoms with Crippen LogP contribution in [0.1, 0.15) is 18.4 Å². The molecule has 2 aromatic rings. The number of aliphatic carboxylic acids is 1. The van der Waals surface area contributed by atoms with Crippen LogP contribution in [0, 0.1) is 0 Å². The summed E-state index contributed by atoms with van der Waals surface area (Å²) in [6.45, 7) is 5.82. The first-order valence-corrected chi connectivity index (χ1v) is 13.3. The summed E-state index contributed by atoms with van der Waals surface area (Å²) in [5.41, 5.74) is 2.06. The van der Waals surface area contributed by atoms with Crippen LogP contribution in [0.15, 0.2) is 64.5 Å². The number of guanidine groups is 1. The van der Waals surface area contributed by atoms with E-state index in [1.165, 1.54) is 12.1 Å². The molecule has 0 aliphatic carbocycles. The number of hydrogen-bond donors (Lipinski definition) is 4. The molecule has 4 rings (SSSR count). The van der Waals surface area contributed by atoms with Gasteiger partial charge in [-0.1, -0.05) is 30.3 Å². The van der Waals surface area contributed by atoms with Crippen LogP contribution >= 0.6 is 0 Å². The Balaban J connectivity index is 1.31. The van der Waals surface area contributed by atoms with Crippen molar-refractivity contribution >= 4 is 27.6 Å². The van der Waals surface area contributed by atoms with Crippen molar-refractivity contribution in [2.75, 3.05) is 44.2 Å². The molecule has 188 valence electrons. The highest BCUT2D eigenvalue weighted by molar-refractivity contribution is 7.89. The Bertz CT molecular complexity index is 1120. The zero-order chi connectivity index (χ0) is 24.7. The Morgan fingerprint density at radius 1 is 1.03 bits per heavy atom. The molecule has 35 heavy (non-hydrogen) atoms. The molecule has 1 unspecified atom stereocenters. The lowest BCUT2D eigenvalue weighted by molar-refractivity contribution is -0.137. The summed E-state index contributed by atoms with van der Waals surface area (Å²) < 4.78 is 27.7. The summed E-state index contributed by atoms with van der Waals surface area (Å²) in [5, 5.41) is 15.6. The molecule has 0 radical (unpaired) electrons. The molecule has 1 atom stereocenters. The summed E-state index contributed by atoms with van der Waals surface area (Å²) in [6, 6.07) is 15.9. The van der Waals surface area contributed by atoms with Gasteiger partial charge in [-0.15, -0.1) is 0 Å². The van der Waals surface area contributed by atoms with Crippen LogP contribution in [-0.2, 0) is 21.4 Å². The van der Waals surface area contributed by atoms with Crippen LogP contribution in [0.25, 0.3) is 0 Å². The second-order valence-corrected chi connectivity index (χ2v) is 10.3. The first-order chi connectivity index (χ1) is 16.9. The van der Waals surface area contributed by atoms with Crippen LogP contribution in [0.2, 0.25) is 0 Å². The minimum absolute atomic E-state index is 0.0907. The normalized spacial score (nSPS) is 17.4. The molecule has 10 nitrogen and oxygen atoms in total. The second-order valence-electron chi connectivity index (χ2n) is 8.59. The maximum absolute atomic E-state index is 12.6. The first-order valence-electron chi connectivity index (χ1n) is 11.8. The van der Waals surface area contributed by atoms with Gasteiger partial charge in [-0.25, -0.2) is 8.42 Å². The van der Waals surface area contributed by atoms with Gasteiger partial charge >= 0.3 is 5.97 Å². The van der Waals surface area contributed by atoms with Crippen molar-refractivity contribution in [1.82, 2.24) is 20.3 Å². The van der Waals surface area contributed by atoms with Gasteiger partial charge in [-0.3, -0.25) is 15.1 Å². The maximum atomic E-state index is 12.6. The molecule has 4 N–H and O–H groups in total. The predicted molar refractivity (Wildman–Crippen MR) is 135 cm³/mol. The van der Waals surface area contributed by atoms with Crippen LogP contribution in [-0.4, -0.2) is 75.8 Å². The van der Waals surface area contributed by atoms with Gasteiger partial charge in [0.05, 0.1) is 17.5 Å². The number of rotatable bonds is 9. The third kappa shape index (κ3) is 6.93. The molecule has 0 saturated carbocycles. The summed E-state index contributed by atoms with van der Waals surface area (Å²) in [6.07, 6.45) is -0.239. The highest BCUT2D eigenvalue weighted by atomic mass is 32.2. The average molecular weight is 501 g/mol. The average Bonchev–Trinajstić information content (AvgIpc) is 2.88. The fourth-order valence-corrected chi connectivity index (χ4v) is 5.35. The van der Waals surface area contributed by atoms with Gasteiger partial charge in [-0.2, -0.15) is 4.72 Å². The molecular weight excluding hydrogens is 468 g/mol. The topological polar surface area (TPSA) is 126 Å². The van der Waals surface area contributed by atoms with Gasteiger partial charge in [0.15, 0.2) is 5.96 Å². The Hall–Kier alpha value is -3.15. The lowest BCUT2D eigenvalue weighted by Crippen LogP contribution is -2.53. The zero-order valence-corrected chi connectivity index (χ0v) is 20.4. The number of carbonyl (C=O) groups is 1. The smallest absolute Gasteiger partial charge is 0.306 e. The number of anilines is 1. The number of carboxylic acid groups (broad SMARTS) is 1. The van der Waals surface area contributed by atoms with E-state index < -0.39 is 22.2 Å². The second kappa shape index (κ2) is 11.5. The summed E-state index contributed by atoms with van der Waals surface area (Å²) in [5.74, 6) is -0.0849. The molecule has 11 heteroatoms. The molecule has 2 aliphatic rings. The molecule has 2 aromatic carbocycles. The van der Waals surface area contributed by atoms with Gasteiger partial charge in [-0.05, 0) is 36.2 Å². The van der Waals surface area contributed by atoms with Crippen molar-refractivity contribution < 1.29 is 18.3 Å². The lowest BCUT2D eigenvalue weighted by atomic mass is 10.1. The summed E-state index contributed by atoms with van der Waals surface area (Å²) in [4.78, 5) is 20.6. The number of hydrogen-bond acceptors (Lipinski definition) is 8. The molecule has 0 bridgehead atoms. The van der Waals surface area contributed by atoms with E-state index in [2.05, 4.69) is 30.1 Å². The fraction of sp³-hybridized carbons (Fsp3) is 0.417. The lowest BCUT2D eigenvalue weighted by Gasteiger charge is -2.38. The van der Waals surface area contributed by atoms with E-state index in [1.807, 2.05) is 24.3 Å². The fourth-order valence-electron chi connectivity index (χ4n) is 4.16. The summed E-state index contributed by atoms with van der Waals surface area (Å²) in [7, 11) is -3.84. The molecular formula is C24H32N6O4S. The minimum Gasteiger partial charge on any atom is -0.481 e. The van der Waals surface area contributed by atoms with Crippen LogP contribution in [0.3, 0.4) is 0 Å². The van der Waals surface area contributed by atoms with Crippen molar-refractivity contribution in [2.24, 2.45) is 4.99 Å². The Morgan fingerprint density at radius 3 is 2.34 bits per heavy atom. The molecule has 0 amide bonds. The van der Waals surface area contributed by atoms with Crippen molar-refractivity contribution in [2.45, 2.75) is 30.4 Å². The third-order valence-corrected chi connectivity index (χ3v) is 7.53. The predicted octanol–water partition coefficient (Wildman–Crippen LogP) is 1.03. The number of carboxylic acids is 1. The largest absolute Gasteiger partial charge is 0.481 e. The van der Waals surface area contributed by atoms with Gasteiger partial charge in [0.1, 0.15) is 0 Å². The minimum atomic E-state index is -3.84. The summed E-state index contributed by atoms with van der Waals surface area (Å²) >= 11 is 0. The van der Waals surface area contributed by atoms with Gasteiger partial charge in [0.25, 0.3) is 0 Å². The zero-order valence-electron chi connectivity index (χ0n) is 19.6. The first kappa shape index (κ1) is 25.0. The monoisotopic (exact) mass is 500 g/mol. The van der Waals surface area contributed by atoms with E-state index in [9.17, 15) is 18.3 Å². The quantitative estimate of drug-likeness (QED) is 0.376. The van der Waals surface area contributed by atoms with Gasteiger partial charge in [0, 0.05) is 51.5 Å². The van der Waals surface area contributed by atoms with Crippen molar-refractivity contribution in [3.05, 3.63) is 60.2 Å². The molecule has 1 saturated heterocycles. The number of piperazine rings is 1. The maximum Gasteiger partial charge on any atom is 0.306 e. The van der Waals surface area contributed by atoms with E-state index >= 15 is 0 Å². The van der Waals surface area contributed by atoms with E-state index in [-0.39, 0.29) is 11.3 Å². The van der Waals surface area contributed by atoms with Crippen LogP contribution in [0.5, 0.6) is 0 Å². The number of sulfonamides is 1. The number of nitrogens with one attached hydrogen (secondary N) is 3. The van der Waals surface area contributed by atoms with E-state index in [0.29, 0.717) is 6.54 Å². The Morgan fingerprint density at radius 2 is 1.71 bits per heavy atom. The van der Waals surface area contributed by atoms with Crippen molar-refractivity contribution in [1.29, 1.82) is 0 Å². The van der Waals surface area contributed by atoms with Crippen LogP contribution in [0.4, 0.5) is 5.69 Å². The number of benzene rings is 2. The van der Waals surface area contributed by atoms with Gasteiger partial charge in [0.2, 0.25) is 10.0 Å². The Kier molecular flexibility index (Phi) is 8.21. The molecule has 1 fully saturated rings. The van der Waals surface area contributed by atoms with Crippen molar-refractivity contribution in [3.8, 4) is 0 Å². The van der Waals surface area contributed by atoms with Crippen molar-refractivity contribution in [3.63, 3.8) is 0 Å². The molecule has 2 aliphatic heterocycles. The molecule has 2 heterocycles. The standard InChI is InChI=1S/C24H32N6O4S/c31-23(32)17-22(28-35(33,34)21-5-2-1-3-6-21)27-18-19-7-9-20(10-8-19)29-13-15-30(16-14-29)24-25-11-4-12-26-24/h1-3,5-10,22,27-28H,4,11-18H2,(H,25,26)(H,31,32). The molecule has 0 aromatic heterocycles. The van der Waals surface area contributed by atoms with E-state index in [1.54, 1.807) is 18.2 Å². The number of nitrogens with zero attached hydrogens (tertiary/aromatic N) is 3. The highest BCUT2D eigenvalue weighted by Crippen LogP contribution is 2.18. The van der Waals surface area contributed by atoms with E-state index in [4.69, 9.17) is 0 Å².